The first-order chi connectivity index (χ1) is 13.6. The van der Waals surface area contributed by atoms with Crippen LogP contribution in [0.1, 0.15) is 16.7 Å². The van der Waals surface area contributed by atoms with Crippen molar-refractivity contribution >= 4 is 37.4 Å². The monoisotopic (exact) mass is 411 g/mol. The molecule has 0 bridgehead atoms. The number of rotatable bonds is 5. The number of thiol groups is 2. The molecule has 3 aromatic rings. The zero-order valence-electron chi connectivity index (χ0n) is 14.9. The van der Waals surface area contributed by atoms with E-state index in [2.05, 4.69) is 31.1 Å². The number of fused-ring (bicyclic) bond motifs is 1. The van der Waals surface area contributed by atoms with Crippen LogP contribution in [-0.2, 0) is 10.2 Å². The third-order valence-corrected chi connectivity index (χ3v) is 5.43. The van der Waals surface area contributed by atoms with Crippen molar-refractivity contribution < 1.29 is 17.9 Å². The average Bonchev–Trinajstić information content (AvgIpc) is 3.05. The average molecular weight is 412 g/mol. The Labute approximate surface area is 173 Å². The first-order valence-electron chi connectivity index (χ1n) is 8.47. The van der Waals surface area contributed by atoms with Crippen molar-refractivity contribution in [1.82, 2.24) is 0 Å². The lowest BCUT2D eigenvalue weighted by atomic mass is 9.70. The van der Waals surface area contributed by atoms with E-state index in [4.69, 9.17) is 13.1 Å². The van der Waals surface area contributed by atoms with Gasteiger partial charge >= 0.3 is 0 Å². The van der Waals surface area contributed by atoms with Gasteiger partial charge in [0, 0.05) is 37.1 Å². The van der Waals surface area contributed by atoms with E-state index in [9.17, 15) is 4.79 Å². The van der Waals surface area contributed by atoms with Gasteiger partial charge in [0.25, 0.3) is 0 Å². The van der Waals surface area contributed by atoms with Gasteiger partial charge in [-0.3, -0.25) is 4.79 Å². The fourth-order valence-electron chi connectivity index (χ4n) is 3.68. The Balaban J connectivity index is 2.00. The van der Waals surface area contributed by atoms with Gasteiger partial charge in [-0.2, -0.15) is 0 Å². The van der Waals surface area contributed by atoms with Crippen molar-refractivity contribution in [2.24, 2.45) is 0 Å². The summed E-state index contributed by atoms with van der Waals surface area (Å²) in [6.07, 6.45) is 0. The van der Waals surface area contributed by atoms with E-state index in [0.717, 1.165) is 22.4 Å². The second-order valence-corrected chi connectivity index (χ2v) is 6.71. The van der Waals surface area contributed by atoms with Gasteiger partial charge in [0.1, 0.15) is 22.7 Å². The van der Waals surface area contributed by atoms with E-state index in [1.807, 2.05) is 42.5 Å². The third kappa shape index (κ3) is 2.78. The van der Waals surface area contributed by atoms with Crippen molar-refractivity contribution in [2.75, 3.05) is 12.4 Å². The molecule has 0 fully saturated rings. The highest BCUT2D eigenvalue weighted by molar-refractivity contribution is 7.75. The SMILES string of the molecule is COc1ccc2c(c1)C(c1ccc(OS)cc1)(c1ccc(OS)cc1)C(=O)N2. The van der Waals surface area contributed by atoms with Crippen molar-refractivity contribution in [1.29, 1.82) is 0 Å². The number of methoxy groups -OCH3 is 1. The normalized spacial score (nSPS) is 14.2. The Morgan fingerprint density at radius 2 is 1.29 bits per heavy atom. The van der Waals surface area contributed by atoms with Crippen molar-refractivity contribution in [3.63, 3.8) is 0 Å². The zero-order valence-corrected chi connectivity index (χ0v) is 16.7. The molecular formula is C21H17NO4S2. The van der Waals surface area contributed by atoms with Gasteiger partial charge in [0.05, 0.1) is 7.11 Å². The summed E-state index contributed by atoms with van der Waals surface area (Å²) in [4.78, 5) is 13.4. The molecule has 3 aromatic carbocycles. The summed E-state index contributed by atoms with van der Waals surface area (Å²) in [5.41, 5.74) is 2.11. The Morgan fingerprint density at radius 3 is 1.75 bits per heavy atom. The van der Waals surface area contributed by atoms with Gasteiger partial charge in [0.15, 0.2) is 0 Å². The van der Waals surface area contributed by atoms with Crippen LogP contribution in [0.5, 0.6) is 17.2 Å². The van der Waals surface area contributed by atoms with Crippen LogP contribution in [0.15, 0.2) is 66.7 Å². The molecule has 4 rings (SSSR count). The quantitative estimate of drug-likeness (QED) is 0.430. The fraction of sp³-hybridized carbons (Fsp3) is 0.0952. The lowest BCUT2D eigenvalue weighted by molar-refractivity contribution is -0.118. The molecule has 5 nitrogen and oxygen atoms in total. The second kappa shape index (κ2) is 7.33. The molecule has 7 heteroatoms. The number of benzene rings is 3. The molecule has 1 N–H and O–H groups in total. The number of nitrogens with one attached hydrogen (secondary N) is 1. The Kier molecular flexibility index (Phi) is 4.87. The Bertz CT molecular complexity index is 972. The first kappa shape index (κ1) is 18.6. The topological polar surface area (TPSA) is 56.8 Å². The van der Waals surface area contributed by atoms with Gasteiger partial charge in [-0.25, -0.2) is 0 Å². The maximum Gasteiger partial charge on any atom is 0.244 e. The molecular weight excluding hydrogens is 394 g/mol. The van der Waals surface area contributed by atoms with Crippen LogP contribution in [0.25, 0.3) is 0 Å². The smallest absolute Gasteiger partial charge is 0.244 e. The number of amides is 1. The van der Waals surface area contributed by atoms with E-state index in [0.29, 0.717) is 17.2 Å². The molecule has 0 aliphatic carbocycles. The molecule has 0 radical (unpaired) electrons. The minimum Gasteiger partial charge on any atom is -0.497 e. The Hall–Kier alpha value is -2.77. The van der Waals surface area contributed by atoms with Gasteiger partial charge in [-0.1, -0.05) is 24.3 Å². The van der Waals surface area contributed by atoms with E-state index in [1.54, 1.807) is 31.4 Å². The minimum absolute atomic E-state index is 0.144. The fourth-order valence-corrected chi connectivity index (χ4v) is 3.92. The summed E-state index contributed by atoms with van der Waals surface area (Å²) in [7, 11) is 1.60. The molecule has 0 saturated carbocycles. The maximum atomic E-state index is 13.4. The molecule has 142 valence electrons. The predicted octanol–water partition coefficient (Wildman–Crippen LogP) is 4.43. The summed E-state index contributed by atoms with van der Waals surface area (Å²) < 4.78 is 15.4. The summed E-state index contributed by atoms with van der Waals surface area (Å²) >= 11 is 7.68. The van der Waals surface area contributed by atoms with Crippen LogP contribution in [0.3, 0.4) is 0 Å². The zero-order chi connectivity index (χ0) is 19.7. The molecule has 0 spiro atoms. The summed E-state index contributed by atoms with van der Waals surface area (Å²) in [5, 5.41) is 3.01. The number of hydrogen-bond acceptors (Lipinski definition) is 6. The van der Waals surface area contributed by atoms with E-state index in [-0.39, 0.29) is 5.91 Å². The van der Waals surface area contributed by atoms with Crippen molar-refractivity contribution in [2.45, 2.75) is 5.41 Å². The number of ether oxygens (including phenoxy) is 1. The largest absolute Gasteiger partial charge is 0.497 e. The van der Waals surface area contributed by atoms with Crippen LogP contribution >= 0.6 is 25.8 Å². The number of hydrogen-bond donors (Lipinski definition) is 3. The molecule has 1 amide bonds. The van der Waals surface area contributed by atoms with Gasteiger partial charge < -0.3 is 18.4 Å². The lowest BCUT2D eigenvalue weighted by Gasteiger charge is -2.29. The van der Waals surface area contributed by atoms with Gasteiger partial charge in [-0.05, 0) is 53.6 Å². The van der Waals surface area contributed by atoms with Crippen LogP contribution < -0.4 is 18.4 Å². The molecule has 0 unspecified atom stereocenters. The molecule has 1 aliphatic rings. The number of carbonyl (C=O) groups is 1. The van der Waals surface area contributed by atoms with Crippen LogP contribution in [0, 0.1) is 0 Å². The maximum absolute atomic E-state index is 13.4. The molecule has 0 atom stereocenters. The second-order valence-electron chi connectivity index (χ2n) is 6.35. The van der Waals surface area contributed by atoms with E-state index < -0.39 is 5.41 Å². The van der Waals surface area contributed by atoms with Gasteiger partial charge in [0.2, 0.25) is 5.91 Å². The third-order valence-electron chi connectivity index (χ3n) is 5.01. The first-order valence-corrected chi connectivity index (χ1v) is 9.20. The summed E-state index contributed by atoms with van der Waals surface area (Å²) in [5.74, 6) is 1.70. The highest BCUT2D eigenvalue weighted by Crippen LogP contribution is 2.49. The van der Waals surface area contributed by atoms with Crippen molar-refractivity contribution in [3.05, 3.63) is 83.4 Å². The van der Waals surface area contributed by atoms with Gasteiger partial charge in [-0.15, -0.1) is 0 Å². The van der Waals surface area contributed by atoms with Crippen LogP contribution in [0.4, 0.5) is 5.69 Å². The highest BCUT2D eigenvalue weighted by atomic mass is 32.1. The number of anilines is 1. The standard InChI is InChI=1S/C21H17NO4S2/c1-24-17-10-11-19-18(12-17)21(20(23)22-19,13-2-6-15(25-27)7-3-13)14-4-8-16(26-28)9-5-14/h2-12,27-28H,1H3,(H,22,23). The Morgan fingerprint density at radius 1 is 0.786 bits per heavy atom. The number of carbonyl (C=O) groups excluding carboxylic acids is 1. The lowest BCUT2D eigenvalue weighted by Crippen LogP contribution is -2.37. The van der Waals surface area contributed by atoms with Crippen LogP contribution in [-0.4, -0.2) is 13.0 Å². The molecule has 1 aliphatic heterocycles. The van der Waals surface area contributed by atoms with E-state index in [1.165, 1.54) is 0 Å². The molecule has 1 heterocycles. The predicted molar refractivity (Wildman–Crippen MR) is 114 cm³/mol. The summed E-state index contributed by atoms with van der Waals surface area (Å²) in [6, 6.07) is 20.1. The molecule has 0 saturated heterocycles. The summed E-state index contributed by atoms with van der Waals surface area (Å²) in [6.45, 7) is 0. The van der Waals surface area contributed by atoms with Crippen molar-refractivity contribution in [3.8, 4) is 17.2 Å². The van der Waals surface area contributed by atoms with E-state index >= 15 is 0 Å². The highest BCUT2D eigenvalue weighted by Gasteiger charge is 2.50. The molecule has 0 aromatic heterocycles. The van der Waals surface area contributed by atoms with Crippen LogP contribution in [0.2, 0.25) is 0 Å². The minimum atomic E-state index is -1.05. The molecule has 28 heavy (non-hydrogen) atoms.